The first-order chi connectivity index (χ1) is 34.2. The number of rotatable bonds is 5. The molecule has 2 aliphatic carbocycles. The van der Waals surface area contributed by atoms with Gasteiger partial charge in [0.1, 0.15) is 0 Å². The molecule has 1 spiro atoms. The Morgan fingerprint density at radius 3 is 1.62 bits per heavy atom. The van der Waals surface area contributed by atoms with E-state index in [1.165, 1.54) is 86.6 Å². The predicted molar refractivity (Wildman–Crippen MR) is 285 cm³/mol. The van der Waals surface area contributed by atoms with Crippen molar-refractivity contribution in [1.29, 1.82) is 0 Å². The summed E-state index contributed by atoms with van der Waals surface area (Å²) in [5.41, 5.74) is 18.3. The highest BCUT2D eigenvalue weighted by Gasteiger charge is 2.52. The minimum atomic E-state index is -0.470. The number of fused-ring (bicyclic) bond motifs is 16. The third kappa shape index (κ3) is 5.42. The van der Waals surface area contributed by atoms with Crippen LogP contribution >= 0.6 is 11.3 Å². The fourth-order valence-electron chi connectivity index (χ4n) is 11.9. The van der Waals surface area contributed by atoms with Crippen LogP contribution in [0.5, 0.6) is 0 Å². The van der Waals surface area contributed by atoms with E-state index < -0.39 is 5.41 Å². The lowest BCUT2D eigenvalue weighted by Crippen LogP contribution is -2.25. The Kier molecular flexibility index (Phi) is 8.12. The summed E-state index contributed by atoms with van der Waals surface area (Å²) in [5, 5.41) is 5.06. The molecule has 3 heterocycles. The standard InChI is InChI=1S/C64H38N4S/c1-2-16-39(17-3-1)61-65-62(67-63(66-61)50-24-14-28-54-59(50)48-21-6-11-27-53(48)64(54)51-25-9-4-18-44(51)45-19-5-10-26-52(45)64)40-32-35-42(36-33-40)68-55-29-12-7-20-46(55)47-37-34-41(38-56(47)68)43-23-15-31-58-60(43)49-22-8-13-30-57(49)69-58/h1-38H. The zero-order valence-electron chi connectivity index (χ0n) is 37.1. The topological polar surface area (TPSA) is 43.6 Å². The van der Waals surface area contributed by atoms with E-state index in [1.807, 2.05) is 29.5 Å². The Morgan fingerprint density at radius 1 is 0.333 bits per heavy atom. The average Bonchev–Trinajstić information content (AvgIpc) is 4.15. The fraction of sp³-hybridized carbons (Fsp3) is 0.0156. The summed E-state index contributed by atoms with van der Waals surface area (Å²) in [4.78, 5) is 15.9. The van der Waals surface area contributed by atoms with E-state index in [-0.39, 0.29) is 0 Å². The third-order valence-corrected chi connectivity index (χ3v) is 15.8. The van der Waals surface area contributed by atoms with E-state index in [9.17, 15) is 0 Å². The second kappa shape index (κ2) is 14.6. The van der Waals surface area contributed by atoms with E-state index in [0.29, 0.717) is 17.5 Å². The summed E-state index contributed by atoms with van der Waals surface area (Å²) in [6.45, 7) is 0. The van der Waals surface area contributed by atoms with Gasteiger partial charge in [-0.15, -0.1) is 11.3 Å². The normalized spacial score (nSPS) is 13.0. The zero-order chi connectivity index (χ0) is 45.2. The van der Waals surface area contributed by atoms with Crippen LogP contribution in [0.3, 0.4) is 0 Å². The van der Waals surface area contributed by atoms with Gasteiger partial charge in [0.25, 0.3) is 0 Å². The van der Waals surface area contributed by atoms with Gasteiger partial charge < -0.3 is 4.57 Å². The number of para-hydroxylation sites is 1. The molecule has 0 N–H and O–H groups in total. The Bertz CT molecular complexity index is 4210. The van der Waals surface area contributed by atoms with Crippen molar-refractivity contribution in [1.82, 2.24) is 19.5 Å². The van der Waals surface area contributed by atoms with Crippen molar-refractivity contribution >= 4 is 53.3 Å². The zero-order valence-corrected chi connectivity index (χ0v) is 38.0. The maximum Gasteiger partial charge on any atom is 0.164 e. The third-order valence-electron chi connectivity index (χ3n) is 14.7. The molecule has 0 fully saturated rings. The van der Waals surface area contributed by atoms with E-state index in [1.54, 1.807) is 0 Å². The van der Waals surface area contributed by atoms with Gasteiger partial charge in [-0.05, 0) is 104 Å². The van der Waals surface area contributed by atoms with Crippen LogP contribution < -0.4 is 0 Å². The largest absolute Gasteiger partial charge is 0.309 e. The van der Waals surface area contributed by atoms with Crippen LogP contribution in [0.25, 0.3) is 115 Å². The van der Waals surface area contributed by atoms with Crippen molar-refractivity contribution < 1.29 is 0 Å². The number of hydrogen-bond donors (Lipinski definition) is 0. The van der Waals surface area contributed by atoms with Gasteiger partial charge >= 0.3 is 0 Å². The highest BCUT2D eigenvalue weighted by molar-refractivity contribution is 7.25. The van der Waals surface area contributed by atoms with Crippen molar-refractivity contribution in [3.8, 4) is 73.2 Å². The smallest absolute Gasteiger partial charge is 0.164 e. The van der Waals surface area contributed by atoms with Crippen molar-refractivity contribution in [2.75, 3.05) is 0 Å². The molecule has 0 saturated heterocycles. The monoisotopic (exact) mass is 894 g/mol. The molecule has 3 aromatic heterocycles. The summed E-state index contributed by atoms with van der Waals surface area (Å²) in [7, 11) is 0. The predicted octanol–water partition coefficient (Wildman–Crippen LogP) is 16.3. The molecule has 0 unspecified atom stereocenters. The lowest BCUT2D eigenvalue weighted by molar-refractivity contribution is 0.794. The first-order valence-electron chi connectivity index (χ1n) is 23.5. The lowest BCUT2D eigenvalue weighted by Gasteiger charge is -2.30. The second-order valence-electron chi connectivity index (χ2n) is 18.2. The van der Waals surface area contributed by atoms with Gasteiger partial charge in [-0.25, -0.2) is 15.0 Å². The van der Waals surface area contributed by atoms with Gasteiger partial charge in [-0.2, -0.15) is 0 Å². The molecule has 13 aromatic rings. The molecule has 0 bridgehead atoms. The molecule has 10 aromatic carbocycles. The molecule has 69 heavy (non-hydrogen) atoms. The van der Waals surface area contributed by atoms with Gasteiger partial charge in [0.2, 0.25) is 0 Å². The van der Waals surface area contributed by atoms with E-state index in [0.717, 1.165) is 33.4 Å². The summed E-state index contributed by atoms with van der Waals surface area (Å²) < 4.78 is 5.01. The van der Waals surface area contributed by atoms with Crippen LogP contribution in [0.15, 0.2) is 231 Å². The summed E-state index contributed by atoms with van der Waals surface area (Å²) in [5.74, 6) is 1.91. The van der Waals surface area contributed by atoms with Gasteiger partial charge in [0, 0.05) is 53.3 Å². The maximum absolute atomic E-state index is 5.40. The lowest BCUT2D eigenvalue weighted by atomic mass is 9.70. The highest BCUT2D eigenvalue weighted by atomic mass is 32.1. The summed E-state index contributed by atoms with van der Waals surface area (Å²) >= 11 is 1.86. The van der Waals surface area contributed by atoms with E-state index >= 15 is 0 Å². The first-order valence-corrected chi connectivity index (χ1v) is 24.3. The van der Waals surface area contributed by atoms with Crippen molar-refractivity contribution in [2.45, 2.75) is 5.41 Å². The van der Waals surface area contributed by atoms with Crippen molar-refractivity contribution in [3.63, 3.8) is 0 Å². The molecule has 0 aliphatic heterocycles. The van der Waals surface area contributed by atoms with E-state index in [4.69, 9.17) is 15.0 Å². The summed E-state index contributed by atoms with van der Waals surface area (Å²) in [6.07, 6.45) is 0. The van der Waals surface area contributed by atoms with Crippen LogP contribution in [0.2, 0.25) is 0 Å². The molecule has 0 saturated carbocycles. The van der Waals surface area contributed by atoms with Crippen molar-refractivity contribution in [3.05, 3.63) is 253 Å². The molecule has 0 radical (unpaired) electrons. The summed E-state index contributed by atoms with van der Waals surface area (Å²) in [6, 6.07) is 83.7. The molecular formula is C64H38N4S. The Labute approximate surface area is 402 Å². The number of hydrogen-bond acceptors (Lipinski definition) is 4. The van der Waals surface area contributed by atoms with Crippen molar-refractivity contribution in [2.24, 2.45) is 0 Å². The van der Waals surface area contributed by atoms with Gasteiger partial charge in [0.05, 0.1) is 16.4 Å². The molecule has 2 aliphatic rings. The molecule has 15 rings (SSSR count). The number of benzene rings is 10. The first kappa shape index (κ1) is 38.3. The Hall–Kier alpha value is -8.77. The maximum atomic E-state index is 5.40. The van der Waals surface area contributed by atoms with Gasteiger partial charge in [-0.3, -0.25) is 0 Å². The van der Waals surface area contributed by atoms with E-state index in [2.05, 4.69) is 217 Å². The molecule has 0 atom stereocenters. The fourth-order valence-corrected chi connectivity index (χ4v) is 13.0. The molecule has 4 nitrogen and oxygen atoms in total. The minimum absolute atomic E-state index is 0.470. The highest BCUT2D eigenvalue weighted by Crippen LogP contribution is 2.63. The average molecular weight is 895 g/mol. The molecular weight excluding hydrogens is 857 g/mol. The van der Waals surface area contributed by atoms with Crippen LogP contribution in [-0.2, 0) is 5.41 Å². The van der Waals surface area contributed by atoms with Crippen LogP contribution in [0.1, 0.15) is 22.3 Å². The van der Waals surface area contributed by atoms with Gasteiger partial charge in [0.15, 0.2) is 17.5 Å². The molecule has 0 amide bonds. The molecule has 320 valence electrons. The second-order valence-corrected chi connectivity index (χ2v) is 19.3. The van der Waals surface area contributed by atoms with Crippen LogP contribution in [0, 0.1) is 0 Å². The Balaban J connectivity index is 0.898. The number of aromatic nitrogens is 4. The van der Waals surface area contributed by atoms with Crippen LogP contribution in [-0.4, -0.2) is 19.5 Å². The number of thiophene rings is 1. The SMILES string of the molecule is c1ccc(-c2nc(-c3ccc(-n4c5ccccc5c5ccc(-c6cccc7sc8ccccc8c67)cc54)cc3)nc(-c3cccc4c3-c3ccccc3C43c4ccccc4-c4ccccc43)n2)cc1. The van der Waals surface area contributed by atoms with Crippen LogP contribution in [0.4, 0.5) is 0 Å². The quantitative estimate of drug-likeness (QED) is 0.173. The van der Waals surface area contributed by atoms with Gasteiger partial charge in [-0.1, -0.05) is 182 Å². The minimum Gasteiger partial charge on any atom is -0.309 e. The molecule has 5 heteroatoms. The Morgan fingerprint density at radius 2 is 0.855 bits per heavy atom. The number of nitrogens with zero attached hydrogens (tertiary/aromatic N) is 4.